The number of hydrogen-bond donors (Lipinski definition) is 1. The topological polar surface area (TPSA) is 15.8 Å². The fourth-order valence-electron chi connectivity index (χ4n) is 3.54. The highest BCUT2D eigenvalue weighted by atomic mass is 79.9. The van der Waals surface area contributed by atoms with Crippen molar-refractivity contribution in [1.29, 1.82) is 0 Å². The van der Waals surface area contributed by atoms with Crippen LogP contribution in [0.1, 0.15) is 63.0 Å². The van der Waals surface area contributed by atoms with Crippen LogP contribution in [-0.4, -0.2) is 4.98 Å². The van der Waals surface area contributed by atoms with Gasteiger partial charge in [-0.3, -0.25) is 0 Å². The molecule has 2 aromatic rings. The van der Waals surface area contributed by atoms with Crippen LogP contribution >= 0.6 is 15.9 Å². The molecule has 0 atom stereocenters. The summed E-state index contributed by atoms with van der Waals surface area (Å²) >= 11 is 3.76. The maximum atomic E-state index is 3.76. The van der Waals surface area contributed by atoms with Crippen molar-refractivity contribution < 1.29 is 0 Å². The van der Waals surface area contributed by atoms with E-state index in [4.69, 9.17) is 0 Å². The SMILES string of the molecule is C[C](C)Cc1ccc2c(C3CCCCC3)c(Br)[nH]c2c1. The van der Waals surface area contributed by atoms with Crippen molar-refractivity contribution >= 4 is 26.8 Å². The minimum absolute atomic E-state index is 0.734. The molecule has 0 amide bonds. The predicted octanol–water partition coefficient (Wildman–Crippen LogP) is 6.13. The smallest absolute Gasteiger partial charge is 0.0866 e. The van der Waals surface area contributed by atoms with Crippen LogP contribution in [0.2, 0.25) is 0 Å². The molecule has 0 unspecified atom stereocenters. The largest absolute Gasteiger partial charge is 0.349 e. The molecular formula is C18H23BrN. The Morgan fingerprint density at radius 2 is 1.95 bits per heavy atom. The van der Waals surface area contributed by atoms with E-state index in [0.29, 0.717) is 0 Å². The molecule has 0 bridgehead atoms. The van der Waals surface area contributed by atoms with Gasteiger partial charge < -0.3 is 4.98 Å². The van der Waals surface area contributed by atoms with Crippen LogP contribution in [0.3, 0.4) is 0 Å². The summed E-state index contributed by atoms with van der Waals surface area (Å²) in [6, 6.07) is 6.93. The molecule has 1 heterocycles. The fraction of sp³-hybridized carbons (Fsp3) is 0.500. The zero-order valence-corrected chi connectivity index (χ0v) is 14.0. The molecule has 2 heteroatoms. The van der Waals surface area contributed by atoms with Gasteiger partial charge in [-0.15, -0.1) is 0 Å². The van der Waals surface area contributed by atoms with Crippen LogP contribution < -0.4 is 0 Å². The average Bonchev–Trinajstić information content (AvgIpc) is 2.74. The van der Waals surface area contributed by atoms with Crippen molar-refractivity contribution in [2.24, 2.45) is 0 Å². The second-order valence-electron chi connectivity index (χ2n) is 6.45. The highest BCUT2D eigenvalue weighted by Gasteiger charge is 2.22. The predicted molar refractivity (Wildman–Crippen MR) is 90.1 cm³/mol. The molecule has 1 fully saturated rings. The van der Waals surface area contributed by atoms with Crippen LogP contribution in [0.4, 0.5) is 0 Å². The van der Waals surface area contributed by atoms with Gasteiger partial charge in [0.2, 0.25) is 0 Å². The van der Waals surface area contributed by atoms with Gasteiger partial charge >= 0.3 is 0 Å². The zero-order chi connectivity index (χ0) is 14.1. The lowest BCUT2D eigenvalue weighted by Gasteiger charge is -2.21. The first kappa shape index (κ1) is 14.2. The Morgan fingerprint density at radius 1 is 1.20 bits per heavy atom. The third-order valence-electron chi connectivity index (χ3n) is 4.43. The summed E-state index contributed by atoms with van der Waals surface area (Å²) in [7, 11) is 0. The molecule has 1 nitrogen and oxygen atoms in total. The van der Waals surface area contributed by atoms with Crippen molar-refractivity contribution in [3.05, 3.63) is 39.8 Å². The average molecular weight is 333 g/mol. The highest BCUT2D eigenvalue weighted by Crippen LogP contribution is 2.40. The first-order valence-corrected chi connectivity index (χ1v) is 8.53. The molecule has 1 aliphatic rings. The lowest BCUT2D eigenvalue weighted by molar-refractivity contribution is 0.444. The van der Waals surface area contributed by atoms with Crippen molar-refractivity contribution in [3.63, 3.8) is 0 Å². The summed E-state index contributed by atoms with van der Waals surface area (Å²) in [5.41, 5.74) is 4.21. The molecule has 1 saturated carbocycles. The number of nitrogens with one attached hydrogen (secondary N) is 1. The summed E-state index contributed by atoms with van der Waals surface area (Å²) in [6.07, 6.45) is 7.93. The molecule has 0 aliphatic heterocycles. The van der Waals surface area contributed by atoms with Crippen LogP contribution in [0.5, 0.6) is 0 Å². The number of aromatic amines is 1. The quantitative estimate of drug-likeness (QED) is 0.695. The van der Waals surface area contributed by atoms with E-state index in [1.165, 1.54) is 64.7 Å². The van der Waals surface area contributed by atoms with Crippen LogP contribution in [0, 0.1) is 5.92 Å². The van der Waals surface area contributed by atoms with E-state index < -0.39 is 0 Å². The number of halogens is 1. The number of rotatable bonds is 3. The van der Waals surface area contributed by atoms with E-state index in [0.717, 1.165) is 12.3 Å². The maximum absolute atomic E-state index is 3.76. The third kappa shape index (κ3) is 2.81. The Kier molecular flexibility index (Phi) is 4.21. The van der Waals surface area contributed by atoms with Gasteiger partial charge in [0.25, 0.3) is 0 Å². The lowest BCUT2D eigenvalue weighted by Crippen LogP contribution is -2.04. The summed E-state index contributed by atoms with van der Waals surface area (Å²) in [5.74, 6) is 2.19. The molecular weight excluding hydrogens is 310 g/mol. The Bertz CT molecular complexity index is 591. The van der Waals surface area contributed by atoms with Crippen molar-refractivity contribution in [2.75, 3.05) is 0 Å². The second-order valence-corrected chi connectivity index (χ2v) is 7.24. The fourth-order valence-corrected chi connectivity index (χ4v) is 4.29. The summed E-state index contributed by atoms with van der Waals surface area (Å²) < 4.78 is 1.20. The summed E-state index contributed by atoms with van der Waals surface area (Å²) in [4.78, 5) is 3.55. The Morgan fingerprint density at radius 3 is 2.65 bits per heavy atom. The molecule has 1 aliphatic carbocycles. The lowest BCUT2D eigenvalue weighted by atomic mass is 9.84. The minimum atomic E-state index is 0.734. The van der Waals surface area contributed by atoms with Gasteiger partial charge in [0, 0.05) is 10.9 Å². The van der Waals surface area contributed by atoms with E-state index in [-0.39, 0.29) is 0 Å². The maximum Gasteiger partial charge on any atom is 0.0866 e. The number of aromatic nitrogens is 1. The number of hydrogen-bond acceptors (Lipinski definition) is 0. The molecule has 1 aromatic carbocycles. The second kappa shape index (κ2) is 5.93. The van der Waals surface area contributed by atoms with Gasteiger partial charge in [0.15, 0.2) is 0 Å². The van der Waals surface area contributed by atoms with Gasteiger partial charge in [0.05, 0.1) is 4.60 Å². The Labute approximate surface area is 130 Å². The van der Waals surface area contributed by atoms with Crippen molar-refractivity contribution in [2.45, 2.75) is 58.3 Å². The molecule has 1 aromatic heterocycles. The van der Waals surface area contributed by atoms with Gasteiger partial charge in [0.1, 0.15) is 0 Å². The first-order valence-electron chi connectivity index (χ1n) is 7.74. The monoisotopic (exact) mass is 332 g/mol. The number of fused-ring (bicyclic) bond motifs is 1. The van der Waals surface area contributed by atoms with E-state index in [1.54, 1.807) is 0 Å². The standard InChI is InChI=1S/C18H23BrN/c1-12(2)10-13-8-9-15-16(11-13)20-18(19)17(15)14-6-4-3-5-7-14/h8-9,11,14,20H,3-7,10H2,1-2H3. The normalized spacial score (nSPS) is 17.2. The Hall–Kier alpha value is -0.760. The van der Waals surface area contributed by atoms with Gasteiger partial charge in [-0.2, -0.15) is 0 Å². The van der Waals surface area contributed by atoms with Crippen LogP contribution in [0.15, 0.2) is 22.8 Å². The summed E-state index contributed by atoms with van der Waals surface area (Å²) in [5, 5.41) is 1.42. The Balaban J connectivity index is 1.98. The third-order valence-corrected chi connectivity index (χ3v) is 5.05. The van der Waals surface area contributed by atoms with Gasteiger partial charge in [-0.1, -0.05) is 45.2 Å². The van der Waals surface area contributed by atoms with E-state index in [2.05, 4.69) is 53.0 Å². The molecule has 0 saturated heterocycles. The van der Waals surface area contributed by atoms with Gasteiger partial charge in [-0.25, -0.2) is 0 Å². The first-order chi connectivity index (χ1) is 9.65. The zero-order valence-electron chi connectivity index (χ0n) is 12.4. The van der Waals surface area contributed by atoms with Crippen molar-refractivity contribution in [1.82, 2.24) is 4.98 Å². The molecule has 3 rings (SSSR count). The van der Waals surface area contributed by atoms with Crippen molar-refractivity contribution in [3.8, 4) is 0 Å². The molecule has 1 N–H and O–H groups in total. The van der Waals surface area contributed by atoms with E-state index in [1.807, 2.05) is 0 Å². The minimum Gasteiger partial charge on any atom is -0.349 e. The van der Waals surface area contributed by atoms with E-state index in [9.17, 15) is 0 Å². The number of benzene rings is 1. The molecule has 20 heavy (non-hydrogen) atoms. The summed E-state index contributed by atoms with van der Waals surface area (Å²) in [6.45, 7) is 4.39. The van der Waals surface area contributed by atoms with E-state index >= 15 is 0 Å². The van der Waals surface area contributed by atoms with Crippen LogP contribution in [0.25, 0.3) is 10.9 Å². The molecule has 0 spiro atoms. The number of H-pyrrole nitrogens is 1. The molecule has 1 radical (unpaired) electrons. The highest BCUT2D eigenvalue weighted by molar-refractivity contribution is 9.10. The molecule has 107 valence electrons. The van der Waals surface area contributed by atoms with Crippen LogP contribution in [-0.2, 0) is 6.42 Å². The van der Waals surface area contributed by atoms with Gasteiger partial charge in [-0.05, 0) is 64.2 Å².